The number of hydrogen-bond acceptors (Lipinski definition) is 4. The number of amides is 1. The van der Waals surface area contributed by atoms with Gasteiger partial charge < -0.3 is 14.2 Å². The van der Waals surface area contributed by atoms with Gasteiger partial charge in [-0.05, 0) is 31.9 Å². The fourth-order valence-electron chi connectivity index (χ4n) is 3.22. The molecule has 1 aliphatic rings. The smallest absolute Gasteiger partial charge is 0.248 e. The third kappa shape index (κ3) is 3.22. The second-order valence-electron chi connectivity index (χ2n) is 5.91. The molecule has 23 heavy (non-hydrogen) atoms. The normalized spacial score (nSPS) is 18.0. The molecule has 124 valence electrons. The molecule has 1 saturated heterocycles. The molecule has 2 aromatic heterocycles. The molecule has 0 aromatic carbocycles. The molecule has 1 fully saturated rings. The molecule has 1 aliphatic heterocycles. The van der Waals surface area contributed by atoms with Crippen LogP contribution in [0.3, 0.4) is 0 Å². The highest BCUT2D eigenvalue weighted by molar-refractivity contribution is 5.78. The Balaban J connectivity index is 1.83. The number of carbonyl (C=O) groups excluding carboxylic acids is 1. The molecule has 0 bridgehead atoms. The lowest BCUT2D eigenvalue weighted by Gasteiger charge is -2.18. The van der Waals surface area contributed by atoms with E-state index < -0.39 is 0 Å². The second-order valence-corrected chi connectivity index (χ2v) is 5.91. The predicted molar refractivity (Wildman–Crippen MR) is 88.3 cm³/mol. The van der Waals surface area contributed by atoms with Crippen LogP contribution in [0.5, 0.6) is 0 Å². The van der Waals surface area contributed by atoms with Crippen LogP contribution in [-0.2, 0) is 16.0 Å². The Hall–Kier alpha value is -1.95. The van der Waals surface area contributed by atoms with Crippen molar-refractivity contribution in [2.45, 2.75) is 39.2 Å². The molecule has 3 heterocycles. The zero-order valence-corrected chi connectivity index (χ0v) is 13.9. The van der Waals surface area contributed by atoms with Gasteiger partial charge in [-0.1, -0.05) is 6.92 Å². The Kier molecular flexibility index (Phi) is 4.91. The first kappa shape index (κ1) is 15.9. The number of fused-ring (bicyclic) bond motifs is 1. The number of hydrogen-bond donors (Lipinski definition) is 0. The standard InChI is InChI=1S/C17H24N4O2/c1-3-6-15-19-14-7-5-9-18-17(14)21(15)13-8-10-20(11-13)16(22)12-23-4-2/h5,7,9,13H,3-4,6,8,10-12H2,1-2H3. The summed E-state index contributed by atoms with van der Waals surface area (Å²) in [7, 11) is 0. The van der Waals surface area contributed by atoms with Gasteiger partial charge in [0, 0.05) is 32.3 Å². The molecule has 1 atom stereocenters. The van der Waals surface area contributed by atoms with Crippen molar-refractivity contribution in [1.82, 2.24) is 19.4 Å². The molecule has 0 saturated carbocycles. The summed E-state index contributed by atoms with van der Waals surface area (Å²) in [4.78, 5) is 23.3. The quantitative estimate of drug-likeness (QED) is 0.819. The lowest BCUT2D eigenvalue weighted by atomic mass is 10.2. The minimum atomic E-state index is 0.0729. The summed E-state index contributed by atoms with van der Waals surface area (Å²) in [5.74, 6) is 1.15. The fraction of sp³-hybridized carbons (Fsp3) is 0.588. The average Bonchev–Trinajstić information content (AvgIpc) is 3.16. The predicted octanol–water partition coefficient (Wildman–Crippen LogP) is 2.19. The van der Waals surface area contributed by atoms with Crippen LogP contribution in [0.2, 0.25) is 0 Å². The molecule has 6 nitrogen and oxygen atoms in total. The van der Waals surface area contributed by atoms with Gasteiger partial charge in [-0.25, -0.2) is 9.97 Å². The van der Waals surface area contributed by atoms with Gasteiger partial charge in [0.15, 0.2) is 5.65 Å². The topological polar surface area (TPSA) is 60.2 Å². The van der Waals surface area contributed by atoms with Crippen LogP contribution < -0.4 is 0 Å². The van der Waals surface area contributed by atoms with Gasteiger partial charge in [-0.15, -0.1) is 0 Å². The van der Waals surface area contributed by atoms with Crippen molar-refractivity contribution in [3.63, 3.8) is 0 Å². The second kappa shape index (κ2) is 7.08. The fourth-order valence-corrected chi connectivity index (χ4v) is 3.22. The molecule has 1 unspecified atom stereocenters. The van der Waals surface area contributed by atoms with Gasteiger partial charge in [-0.2, -0.15) is 0 Å². The minimum Gasteiger partial charge on any atom is -0.372 e. The zero-order valence-electron chi connectivity index (χ0n) is 13.9. The number of pyridine rings is 1. The summed E-state index contributed by atoms with van der Waals surface area (Å²) in [6.45, 7) is 6.29. The first-order valence-corrected chi connectivity index (χ1v) is 8.42. The molecule has 1 amide bonds. The lowest BCUT2D eigenvalue weighted by Crippen LogP contribution is -2.32. The summed E-state index contributed by atoms with van der Waals surface area (Å²) in [5.41, 5.74) is 1.87. The van der Waals surface area contributed by atoms with Crippen molar-refractivity contribution >= 4 is 17.1 Å². The van der Waals surface area contributed by atoms with E-state index in [0.717, 1.165) is 42.8 Å². The van der Waals surface area contributed by atoms with Crippen LogP contribution in [-0.4, -0.2) is 51.6 Å². The highest BCUT2D eigenvalue weighted by Gasteiger charge is 2.30. The lowest BCUT2D eigenvalue weighted by molar-refractivity contribution is -0.135. The number of likely N-dealkylation sites (tertiary alicyclic amines) is 1. The van der Waals surface area contributed by atoms with E-state index in [-0.39, 0.29) is 18.6 Å². The van der Waals surface area contributed by atoms with Gasteiger partial charge in [-0.3, -0.25) is 4.79 Å². The molecule has 3 rings (SSSR count). The van der Waals surface area contributed by atoms with Crippen LogP contribution in [0.15, 0.2) is 18.3 Å². The van der Waals surface area contributed by atoms with Gasteiger partial charge >= 0.3 is 0 Å². The van der Waals surface area contributed by atoms with E-state index in [1.807, 2.05) is 30.2 Å². The van der Waals surface area contributed by atoms with Crippen LogP contribution in [0.1, 0.15) is 38.6 Å². The maximum atomic E-state index is 12.2. The third-order valence-corrected chi connectivity index (χ3v) is 4.31. The van der Waals surface area contributed by atoms with Crippen LogP contribution in [0.25, 0.3) is 11.2 Å². The summed E-state index contributed by atoms with van der Waals surface area (Å²) in [5, 5.41) is 0. The summed E-state index contributed by atoms with van der Waals surface area (Å²) >= 11 is 0. The van der Waals surface area contributed by atoms with Gasteiger partial charge in [0.05, 0.1) is 6.04 Å². The van der Waals surface area contributed by atoms with Crippen LogP contribution in [0.4, 0.5) is 0 Å². The highest BCUT2D eigenvalue weighted by atomic mass is 16.5. The highest BCUT2D eigenvalue weighted by Crippen LogP contribution is 2.27. The van der Waals surface area contributed by atoms with Crippen molar-refractivity contribution in [3.8, 4) is 0 Å². The Morgan fingerprint density at radius 1 is 1.43 bits per heavy atom. The SMILES string of the molecule is CCCc1nc2cccnc2n1C1CCN(C(=O)COCC)C1. The summed E-state index contributed by atoms with van der Waals surface area (Å²) < 4.78 is 7.49. The van der Waals surface area contributed by atoms with Crippen molar-refractivity contribution in [3.05, 3.63) is 24.2 Å². The maximum absolute atomic E-state index is 12.2. The number of imidazole rings is 1. The summed E-state index contributed by atoms with van der Waals surface area (Å²) in [6.07, 6.45) is 4.72. The Labute approximate surface area is 136 Å². The molecule has 0 N–H and O–H groups in total. The van der Waals surface area contributed by atoms with E-state index >= 15 is 0 Å². The van der Waals surface area contributed by atoms with E-state index in [0.29, 0.717) is 13.2 Å². The average molecular weight is 316 g/mol. The minimum absolute atomic E-state index is 0.0729. The molecular formula is C17H24N4O2. The van der Waals surface area contributed by atoms with E-state index in [4.69, 9.17) is 9.72 Å². The van der Waals surface area contributed by atoms with Crippen LogP contribution >= 0.6 is 0 Å². The Morgan fingerprint density at radius 2 is 2.30 bits per heavy atom. The molecule has 0 radical (unpaired) electrons. The number of rotatable bonds is 6. The number of nitrogens with zero attached hydrogens (tertiary/aromatic N) is 4. The summed E-state index contributed by atoms with van der Waals surface area (Å²) in [6, 6.07) is 4.18. The van der Waals surface area contributed by atoms with Gasteiger partial charge in [0.1, 0.15) is 17.9 Å². The van der Waals surface area contributed by atoms with E-state index in [2.05, 4.69) is 16.5 Å². The maximum Gasteiger partial charge on any atom is 0.248 e. The van der Waals surface area contributed by atoms with Gasteiger partial charge in [0.25, 0.3) is 0 Å². The molecule has 0 spiro atoms. The molecule has 0 aliphatic carbocycles. The zero-order chi connectivity index (χ0) is 16.2. The monoisotopic (exact) mass is 316 g/mol. The number of carbonyl (C=O) groups is 1. The van der Waals surface area contributed by atoms with Crippen molar-refractivity contribution in [2.75, 3.05) is 26.3 Å². The number of aromatic nitrogens is 3. The van der Waals surface area contributed by atoms with E-state index in [9.17, 15) is 4.79 Å². The molecule has 6 heteroatoms. The number of aryl methyl sites for hydroxylation is 1. The van der Waals surface area contributed by atoms with Crippen LogP contribution in [0, 0.1) is 0 Å². The third-order valence-electron chi connectivity index (χ3n) is 4.31. The Bertz CT molecular complexity index is 682. The Morgan fingerprint density at radius 3 is 3.09 bits per heavy atom. The van der Waals surface area contributed by atoms with Crippen molar-refractivity contribution in [1.29, 1.82) is 0 Å². The first-order valence-electron chi connectivity index (χ1n) is 8.42. The van der Waals surface area contributed by atoms with E-state index in [1.54, 1.807) is 0 Å². The van der Waals surface area contributed by atoms with Crippen molar-refractivity contribution in [2.24, 2.45) is 0 Å². The largest absolute Gasteiger partial charge is 0.372 e. The van der Waals surface area contributed by atoms with E-state index in [1.165, 1.54) is 0 Å². The molecular weight excluding hydrogens is 292 g/mol. The molecule has 2 aromatic rings. The van der Waals surface area contributed by atoms with Gasteiger partial charge in [0.2, 0.25) is 5.91 Å². The number of ether oxygens (including phenoxy) is 1. The first-order chi connectivity index (χ1) is 11.2. The van der Waals surface area contributed by atoms with Crippen molar-refractivity contribution < 1.29 is 9.53 Å².